The summed E-state index contributed by atoms with van der Waals surface area (Å²) in [4.78, 5) is 25.1. The van der Waals surface area contributed by atoms with Gasteiger partial charge in [0.05, 0.1) is 18.1 Å². The van der Waals surface area contributed by atoms with Crippen LogP contribution in [-0.4, -0.2) is 82.1 Å². The molecule has 3 fully saturated rings. The molecule has 0 spiro atoms. The Bertz CT molecular complexity index is 1320. The molecule has 2 aliphatic heterocycles. The minimum Gasteiger partial charge on any atom is -0.390 e. The van der Waals surface area contributed by atoms with E-state index in [1.54, 1.807) is 12.2 Å². The van der Waals surface area contributed by atoms with Crippen LogP contribution >= 0.6 is 0 Å². The third kappa shape index (κ3) is 11.6. The first-order valence-corrected chi connectivity index (χ1v) is 17.2. The fourth-order valence-electron chi connectivity index (χ4n) is 6.34. The number of hydrogen-bond donors (Lipinski definition) is 4. The van der Waals surface area contributed by atoms with Gasteiger partial charge in [-0.3, -0.25) is 13.9 Å². The molecule has 10 nitrogen and oxygen atoms in total. The Morgan fingerprint density at radius 3 is 1.91 bits per heavy atom. The number of nitrogens with zero attached hydrogens (tertiary/aromatic N) is 1. The van der Waals surface area contributed by atoms with Gasteiger partial charge in [-0.05, 0) is 62.6 Å². The first-order valence-electron chi connectivity index (χ1n) is 15.8. The second-order valence-corrected chi connectivity index (χ2v) is 12.9. The predicted octanol–water partition coefficient (Wildman–Crippen LogP) is 4.79. The molecule has 11 heteroatoms. The van der Waals surface area contributed by atoms with E-state index >= 15 is 0 Å². The van der Waals surface area contributed by atoms with E-state index in [1.807, 2.05) is 12.2 Å². The summed E-state index contributed by atoms with van der Waals surface area (Å²) in [5, 5.41) is 18.9. The maximum Gasteiger partial charge on any atom is 0.394 e. The van der Waals surface area contributed by atoms with Crippen LogP contribution in [-0.2, 0) is 24.7 Å². The van der Waals surface area contributed by atoms with Crippen LogP contribution in [0.25, 0.3) is 0 Å². The zero-order chi connectivity index (χ0) is 33.7. The van der Waals surface area contributed by atoms with Crippen molar-refractivity contribution in [3.05, 3.63) is 96.1 Å². The van der Waals surface area contributed by atoms with E-state index in [2.05, 4.69) is 79.5 Å². The molecule has 2 saturated heterocycles. The SMILES string of the molecule is CCCC=CC=CC1CC(O)C(O)C(=O)C1C=O.CN1C2CCC1CC(OC(c1ccccc1)c1ccccc1)C2.O=S(=O)(O)O. The number of fused-ring (bicyclic) bond motifs is 2. The van der Waals surface area contributed by atoms with Crippen molar-refractivity contribution >= 4 is 22.5 Å². The number of aliphatic hydroxyl groups is 2. The first-order chi connectivity index (χ1) is 21.9. The summed E-state index contributed by atoms with van der Waals surface area (Å²) in [6, 6.07) is 22.7. The zero-order valence-electron chi connectivity index (χ0n) is 26.4. The maximum absolute atomic E-state index is 11.6. The lowest BCUT2D eigenvalue weighted by atomic mass is 9.76. The quantitative estimate of drug-likeness (QED) is 0.128. The third-order valence-corrected chi connectivity index (χ3v) is 8.76. The number of ether oxygens (including phenoxy) is 1. The average Bonchev–Trinajstić information content (AvgIpc) is 3.22. The van der Waals surface area contributed by atoms with Crippen LogP contribution < -0.4 is 0 Å². The summed E-state index contributed by atoms with van der Waals surface area (Å²) in [7, 11) is -2.38. The van der Waals surface area contributed by atoms with E-state index in [0.717, 1.165) is 12.8 Å². The summed E-state index contributed by atoms with van der Waals surface area (Å²) in [5.74, 6) is -1.77. The third-order valence-electron chi connectivity index (χ3n) is 8.76. The van der Waals surface area contributed by atoms with Gasteiger partial charge in [0.15, 0.2) is 5.78 Å². The van der Waals surface area contributed by atoms with E-state index in [1.165, 1.54) is 36.8 Å². The lowest BCUT2D eigenvalue weighted by Crippen LogP contribution is -2.47. The summed E-state index contributed by atoms with van der Waals surface area (Å²) in [5.41, 5.74) is 2.51. The van der Waals surface area contributed by atoms with Crippen molar-refractivity contribution in [3.8, 4) is 0 Å². The Kier molecular flexibility index (Phi) is 14.9. The van der Waals surface area contributed by atoms with Gasteiger partial charge in [-0.2, -0.15) is 8.42 Å². The summed E-state index contributed by atoms with van der Waals surface area (Å²) in [6.07, 6.45) is 13.2. The molecule has 2 bridgehead atoms. The van der Waals surface area contributed by atoms with Gasteiger partial charge < -0.3 is 24.6 Å². The topological polar surface area (TPSA) is 162 Å². The highest BCUT2D eigenvalue weighted by Gasteiger charge is 2.41. The van der Waals surface area contributed by atoms with Crippen LogP contribution in [0.15, 0.2) is 85.0 Å². The van der Waals surface area contributed by atoms with E-state index in [4.69, 9.17) is 22.3 Å². The average molecular weight is 658 g/mol. The fourth-order valence-corrected chi connectivity index (χ4v) is 6.34. The molecular weight excluding hydrogens is 610 g/mol. The molecule has 2 heterocycles. The van der Waals surface area contributed by atoms with E-state index in [9.17, 15) is 19.8 Å². The van der Waals surface area contributed by atoms with Crippen molar-refractivity contribution in [2.45, 2.75) is 88.4 Å². The summed E-state index contributed by atoms with van der Waals surface area (Å²) < 4.78 is 38.2. The number of Topliss-reactive ketones (excluding diaryl/α,β-unsaturated/α-hetero) is 1. The Morgan fingerprint density at radius 1 is 0.913 bits per heavy atom. The normalized spacial score (nSPS) is 28.1. The van der Waals surface area contributed by atoms with Crippen LogP contribution in [0.4, 0.5) is 0 Å². The number of ketones is 1. The molecule has 6 atom stereocenters. The Labute approximate surface area is 272 Å². The molecule has 5 rings (SSSR count). The summed E-state index contributed by atoms with van der Waals surface area (Å²) in [6.45, 7) is 2.08. The van der Waals surface area contributed by atoms with Gasteiger partial charge in [0.1, 0.15) is 18.5 Å². The van der Waals surface area contributed by atoms with Crippen molar-refractivity contribution in [2.75, 3.05) is 7.05 Å². The number of hydrogen-bond acceptors (Lipinski definition) is 8. The molecule has 0 amide bonds. The first kappa shape index (κ1) is 37.4. The number of benzene rings is 2. The Balaban J connectivity index is 0.000000225. The van der Waals surface area contributed by atoms with Gasteiger partial charge in [-0.25, -0.2) is 0 Å². The number of aldehydes is 1. The highest BCUT2D eigenvalue weighted by atomic mass is 32.3. The Hall–Kier alpha value is -3.03. The van der Waals surface area contributed by atoms with Gasteiger partial charge in [0, 0.05) is 12.1 Å². The zero-order valence-corrected chi connectivity index (χ0v) is 27.2. The smallest absolute Gasteiger partial charge is 0.390 e. The minimum absolute atomic E-state index is 0.0465. The number of unbranched alkanes of at least 4 members (excludes halogenated alkanes) is 1. The molecule has 6 unspecified atom stereocenters. The molecule has 252 valence electrons. The molecule has 46 heavy (non-hydrogen) atoms. The second kappa shape index (κ2) is 18.3. The van der Waals surface area contributed by atoms with Crippen molar-refractivity contribution in [3.63, 3.8) is 0 Å². The molecule has 1 saturated carbocycles. The van der Waals surface area contributed by atoms with Gasteiger partial charge in [-0.1, -0.05) is 98.3 Å². The van der Waals surface area contributed by atoms with Gasteiger partial charge >= 0.3 is 10.4 Å². The highest BCUT2D eigenvalue weighted by Crippen LogP contribution is 2.38. The van der Waals surface area contributed by atoms with Crippen molar-refractivity contribution in [2.24, 2.45) is 11.8 Å². The maximum atomic E-state index is 11.6. The van der Waals surface area contributed by atoms with Crippen LogP contribution in [0.1, 0.15) is 69.1 Å². The van der Waals surface area contributed by atoms with Crippen LogP contribution in [0.5, 0.6) is 0 Å². The van der Waals surface area contributed by atoms with E-state index < -0.39 is 34.3 Å². The number of rotatable bonds is 9. The van der Waals surface area contributed by atoms with Gasteiger partial charge in [-0.15, -0.1) is 0 Å². The standard InChI is InChI=1S/C21H25NO.C14H20O4.H2O4S/c1-22-18-12-13-19(22)15-20(14-18)23-21(16-8-4-2-5-9-16)17-10-6-3-7-11-17;1-2-3-4-5-6-7-10-8-12(16)14(18)13(17)11(10)9-15;1-5(2,3)4/h2-11,18-21H,12-15H2,1H3;4-7,9-12,14,16,18H,2-3,8H2,1H3;(H2,1,2,3,4). The number of carbonyl (C=O) groups is 2. The lowest BCUT2D eigenvalue weighted by molar-refractivity contribution is -0.146. The fraction of sp³-hybridized carbons (Fsp3) is 0.486. The van der Waals surface area contributed by atoms with E-state index in [0.29, 0.717) is 24.5 Å². The molecule has 0 radical (unpaired) electrons. The minimum atomic E-state index is -4.67. The summed E-state index contributed by atoms with van der Waals surface area (Å²) >= 11 is 0. The second-order valence-electron chi connectivity index (χ2n) is 12.0. The number of aliphatic hydroxyl groups excluding tert-OH is 2. The van der Waals surface area contributed by atoms with Crippen molar-refractivity contribution < 1.29 is 42.1 Å². The van der Waals surface area contributed by atoms with Crippen LogP contribution in [0.3, 0.4) is 0 Å². The van der Waals surface area contributed by atoms with Crippen LogP contribution in [0.2, 0.25) is 0 Å². The van der Waals surface area contributed by atoms with Gasteiger partial charge in [0.25, 0.3) is 0 Å². The predicted molar refractivity (Wildman–Crippen MR) is 175 cm³/mol. The van der Waals surface area contributed by atoms with Crippen molar-refractivity contribution in [1.29, 1.82) is 0 Å². The largest absolute Gasteiger partial charge is 0.394 e. The lowest BCUT2D eigenvalue weighted by Gasteiger charge is -2.38. The van der Waals surface area contributed by atoms with E-state index in [-0.39, 0.29) is 18.4 Å². The monoisotopic (exact) mass is 657 g/mol. The molecule has 1 aliphatic carbocycles. The van der Waals surface area contributed by atoms with Crippen LogP contribution in [0, 0.1) is 11.8 Å². The molecular formula is C35H47NO9S. The molecule has 2 aromatic rings. The van der Waals surface area contributed by atoms with Crippen molar-refractivity contribution in [1.82, 2.24) is 4.90 Å². The highest BCUT2D eigenvalue weighted by molar-refractivity contribution is 7.79. The molecule has 3 aliphatic rings. The number of carbonyl (C=O) groups excluding carboxylic acids is 2. The van der Waals surface area contributed by atoms with Gasteiger partial charge in [0.2, 0.25) is 0 Å². The molecule has 0 aromatic heterocycles. The number of allylic oxidation sites excluding steroid dienone is 4. The Morgan fingerprint density at radius 2 is 1.43 bits per heavy atom. The molecule has 4 N–H and O–H groups in total. The number of piperidine rings is 1. The molecule has 2 aromatic carbocycles.